The van der Waals surface area contributed by atoms with E-state index in [9.17, 15) is 0 Å². The van der Waals surface area contributed by atoms with E-state index in [0.29, 0.717) is 0 Å². The molecule has 4 aromatic heterocycles. The molecule has 0 N–H and O–H groups in total. The zero-order valence-electron chi connectivity index (χ0n) is 29.0. The van der Waals surface area contributed by atoms with Crippen molar-refractivity contribution in [3.8, 4) is 0 Å². The van der Waals surface area contributed by atoms with E-state index < -0.39 is 0 Å². The van der Waals surface area contributed by atoms with Crippen molar-refractivity contribution < 1.29 is 4.42 Å². The normalized spacial score (nSPS) is 12.4. The first-order valence-corrected chi connectivity index (χ1v) is 18.5. The number of anilines is 3. The highest BCUT2D eigenvalue weighted by Gasteiger charge is 2.24. The molecule has 54 heavy (non-hydrogen) atoms. The van der Waals surface area contributed by atoms with Gasteiger partial charge in [-0.15, -0.1) is 0 Å². The molecule has 0 amide bonds. The number of hydrogen-bond donors (Lipinski definition) is 0. The summed E-state index contributed by atoms with van der Waals surface area (Å²) < 4.78 is 11.3. The van der Waals surface area contributed by atoms with Crippen LogP contribution in [0.5, 0.6) is 0 Å². The molecule has 13 rings (SSSR count). The standard InChI is InChI=1S/C50H29N3O/c1-2-11-33-30(10-1)20-23-37-34(33)15-9-18-42(37)51(31-22-27-48-41(28-31)38-14-5-8-19-47(38)54-48)32-21-26-45-46(29-32)53-44-17-7-4-13-36(44)40-25-24-39-35-12-3-6-16-43(35)52(45)49(39)50(40)53/h1-29H. The molecule has 0 radical (unpaired) electrons. The third kappa shape index (κ3) is 3.57. The van der Waals surface area contributed by atoms with E-state index in [1.807, 2.05) is 12.1 Å². The Labute approximate surface area is 308 Å². The number of furan rings is 1. The second kappa shape index (κ2) is 10.2. The van der Waals surface area contributed by atoms with Crippen LogP contribution in [-0.2, 0) is 0 Å². The second-order valence-corrected chi connectivity index (χ2v) is 14.5. The Balaban J connectivity index is 1.18. The summed E-state index contributed by atoms with van der Waals surface area (Å²) in [5.74, 6) is 0. The minimum Gasteiger partial charge on any atom is -0.456 e. The highest BCUT2D eigenvalue weighted by molar-refractivity contribution is 6.25. The van der Waals surface area contributed by atoms with Crippen molar-refractivity contribution in [1.82, 2.24) is 8.80 Å². The molecule has 4 heteroatoms. The van der Waals surface area contributed by atoms with E-state index in [2.05, 4.69) is 177 Å². The summed E-state index contributed by atoms with van der Waals surface area (Å²) in [6.45, 7) is 0. The molecule has 0 atom stereocenters. The van der Waals surface area contributed by atoms with Gasteiger partial charge in [0.15, 0.2) is 0 Å². The van der Waals surface area contributed by atoms with Gasteiger partial charge in [-0.3, -0.25) is 0 Å². The maximum Gasteiger partial charge on any atom is 0.135 e. The minimum atomic E-state index is 0.885. The quantitative estimate of drug-likeness (QED) is 0.136. The van der Waals surface area contributed by atoms with E-state index in [4.69, 9.17) is 4.42 Å². The largest absolute Gasteiger partial charge is 0.456 e. The summed E-state index contributed by atoms with van der Waals surface area (Å²) >= 11 is 0. The Morgan fingerprint density at radius 3 is 1.72 bits per heavy atom. The molecule has 0 saturated heterocycles. The molecule has 0 unspecified atom stereocenters. The van der Waals surface area contributed by atoms with Crippen LogP contribution in [0.4, 0.5) is 17.1 Å². The van der Waals surface area contributed by atoms with E-state index in [0.717, 1.165) is 44.5 Å². The fraction of sp³-hybridized carbons (Fsp3) is 0. The van der Waals surface area contributed by atoms with Gasteiger partial charge in [-0.05, 0) is 76.8 Å². The van der Waals surface area contributed by atoms with E-state index in [1.165, 1.54) is 70.7 Å². The lowest BCUT2D eigenvalue weighted by Gasteiger charge is -2.28. The number of rotatable bonds is 3. The van der Waals surface area contributed by atoms with Crippen molar-refractivity contribution in [3.05, 3.63) is 176 Å². The molecule has 0 fully saturated rings. The number of nitrogens with zero attached hydrogens (tertiary/aromatic N) is 3. The van der Waals surface area contributed by atoms with Crippen molar-refractivity contribution in [2.24, 2.45) is 0 Å². The molecule has 4 heterocycles. The summed E-state index contributed by atoms with van der Waals surface area (Å²) in [6.07, 6.45) is 0. The molecule has 0 bridgehead atoms. The van der Waals surface area contributed by atoms with Gasteiger partial charge < -0.3 is 18.1 Å². The fourth-order valence-corrected chi connectivity index (χ4v) is 9.52. The van der Waals surface area contributed by atoms with Crippen LogP contribution in [0.1, 0.15) is 0 Å². The van der Waals surface area contributed by atoms with E-state index in [1.54, 1.807) is 0 Å². The molecule has 4 nitrogen and oxygen atoms in total. The second-order valence-electron chi connectivity index (χ2n) is 14.5. The van der Waals surface area contributed by atoms with Crippen molar-refractivity contribution in [2.45, 2.75) is 0 Å². The van der Waals surface area contributed by atoms with Gasteiger partial charge in [0, 0.05) is 49.1 Å². The maximum atomic E-state index is 6.32. The summed E-state index contributed by atoms with van der Waals surface area (Å²) in [4.78, 5) is 2.44. The van der Waals surface area contributed by atoms with Gasteiger partial charge in [0.2, 0.25) is 0 Å². The van der Waals surface area contributed by atoms with Crippen LogP contribution in [0.2, 0.25) is 0 Å². The topological polar surface area (TPSA) is 25.2 Å². The van der Waals surface area contributed by atoms with Crippen LogP contribution in [0, 0.1) is 0 Å². The molecule has 0 aliphatic heterocycles. The Kier molecular flexibility index (Phi) is 5.34. The zero-order valence-corrected chi connectivity index (χ0v) is 29.0. The predicted octanol–water partition coefficient (Wildman–Crippen LogP) is 13.9. The molecular formula is C50H29N3O. The van der Waals surface area contributed by atoms with Crippen molar-refractivity contribution in [2.75, 3.05) is 4.90 Å². The lowest BCUT2D eigenvalue weighted by molar-refractivity contribution is 0.669. The number of fused-ring (bicyclic) bond motifs is 15. The average Bonchev–Trinajstić information content (AvgIpc) is 3.89. The molecule has 0 spiro atoms. The van der Waals surface area contributed by atoms with Gasteiger partial charge in [0.1, 0.15) is 11.2 Å². The molecule has 250 valence electrons. The minimum absolute atomic E-state index is 0.885. The van der Waals surface area contributed by atoms with Crippen LogP contribution >= 0.6 is 0 Å². The van der Waals surface area contributed by atoms with Crippen LogP contribution in [0.3, 0.4) is 0 Å². The van der Waals surface area contributed by atoms with Crippen molar-refractivity contribution in [1.29, 1.82) is 0 Å². The van der Waals surface area contributed by atoms with Crippen molar-refractivity contribution >= 4 is 115 Å². The van der Waals surface area contributed by atoms with E-state index in [-0.39, 0.29) is 0 Å². The highest BCUT2D eigenvalue weighted by atomic mass is 16.3. The van der Waals surface area contributed by atoms with Gasteiger partial charge in [-0.25, -0.2) is 0 Å². The number of benzene rings is 9. The Morgan fingerprint density at radius 1 is 0.333 bits per heavy atom. The smallest absolute Gasteiger partial charge is 0.135 e. The Hall–Kier alpha value is -7.30. The zero-order chi connectivity index (χ0) is 35.1. The number of hydrogen-bond acceptors (Lipinski definition) is 2. The Bertz CT molecular complexity index is 3690. The third-order valence-electron chi connectivity index (χ3n) is 11.8. The third-order valence-corrected chi connectivity index (χ3v) is 11.8. The highest BCUT2D eigenvalue weighted by Crippen LogP contribution is 2.46. The molecule has 13 aromatic rings. The van der Waals surface area contributed by atoms with Gasteiger partial charge >= 0.3 is 0 Å². The lowest BCUT2D eigenvalue weighted by atomic mass is 9.99. The van der Waals surface area contributed by atoms with Crippen LogP contribution in [0.15, 0.2) is 180 Å². The van der Waals surface area contributed by atoms with Gasteiger partial charge in [0.05, 0.1) is 38.8 Å². The molecule has 0 aliphatic rings. The predicted molar refractivity (Wildman–Crippen MR) is 227 cm³/mol. The SMILES string of the molecule is c1ccc2c(c1)ccc1c(N(c3ccc4oc5ccccc5c4c3)c3ccc4c(c3)n3c5ccccc5c5ccc6c7ccccc7n4c6c53)cccc12. The van der Waals surface area contributed by atoms with Gasteiger partial charge in [0.25, 0.3) is 0 Å². The fourth-order valence-electron chi connectivity index (χ4n) is 9.52. The maximum absolute atomic E-state index is 6.32. The van der Waals surface area contributed by atoms with Crippen LogP contribution in [0.25, 0.3) is 98.1 Å². The monoisotopic (exact) mass is 687 g/mol. The molecule has 0 saturated carbocycles. The van der Waals surface area contributed by atoms with E-state index >= 15 is 0 Å². The molecular weight excluding hydrogens is 659 g/mol. The van der Waals surface area contributed by atoms with Crippen LogP contribution in [-0.4, -0.2) is 8.80 Å². The average molecular weight is 688 g/mol. The summed E-state index contributed by atoms with van der Waals surface area (Å²) in [5, 5.41) is 12.2. The summed E-state index contributed by atoms with van der Waals surface area (Å²) in [6, 6.07) is 64.2. The lowest BCUT2D eigenvalue weighted by Crippen LogP contribution is -2.11. The van der Waals surface area contributed by atoms with Gasteiger partial charge in [-0.1, -0.05) is 115 Å². The summed E-state index contributed by atoms with van der Waals surface area (Å²) in [7, 11) is 0. The van der Waals surface area contributed by atoms with Crippen LogP contribution < -0.4 is 4.90 Å². The summed E-state index contributed by atoms with van der Waals surface area (Å²) in [5.41, 5.74) is 12.3. The first-order valence-electron chi connectivity index (χ1n) is 18.5. The van der Waals surface area contributed by atoms with Gasteiger partial charge in [-0.2, -0.15) is 0 Å². The van der Waals surface area contributed by atoms with Crippen molar-refractivity contribution in [3.63, 3.8) is 0 Å². The first-order chi connectivity index (χ1) is 26.8. The number of aromatic nitrogens is 2. The first kappa shape index (κ1) is 28.3. The molecule has 0 aliphatic carbocycles. The number of para-hydroxylation sites is 3. The molecule has 9 aromatic carbocycles. The Morgan fingerprint density at radius 2 is 0.926 bits per heavy atom.